The molecule has 0 aliphatic heterocycles. The molecule has 0 aromatic heterocycles. The molecule has 0 amide bonds. The van der Waals surface area contributed by atoms with Crippen molar-refractivity contribution in [2.24, 2.45) is 11.3 Å². The van der Waals surface area contributed by atoms with Crippen LogP contribution in [-0.2, 0) is 9.47 Å². The molecule has 0 bridgehead atoms. The van der Waals surface area contributed by atoms with Crippen molar-refractivity contribution in [2.45, 2.75) is 52.6 Å². The summed E-state index contributed by atoms with van der Waals surface area (Å²) in [6, 6.07) is 0. The number of ether oxygens (including phenoxy) is 2. The number of aliphatic hydroxyl groups excluding tert-OH is 1. The highest BCUT2D eigenvalue weighted by molar-refractivity contribution is 5.60. The number of carbonyl (C=O) groups is 1. The fourth-order valence-electron chi connectivity index (χ4n) is 2.38. The average Bonchev–Trinajstić information content (AvgIpc) is 2.26. The van der Waals surface area contributed by atoms with Crippen molar-refractivity contribution in [2.75, 3.05) is 13.2 Å². The highest BCUT2D eigenvalue weighted by Gasteiger charge is 2.36. The summed E-state index contributed by atoms with van der Waals surface area (Å²) in [7, 11) is 0. The van der Waals surface area contributed by atoms with Crippen LogP contribution in [0.5, 0.6) is 0 Å². The van der Waals surface area contributed by atoms with E-state index < -0.39 is 6.16 Å². The third kappa shape index (κ3) is 4.19. The van der Waals surface area contributed by atoms with Crippen LogP contribution in [-0.4, -0.2) is 30.6 Å². The van der Waals surface area contributed by atoms with Gasteiger partial charge in [-0.25, -0.2) is 4.79 Å². The van der Waals surface area contributed by atoms with Crippen molar-refractivity contribution in [3.05, 3.63) is 0 Å². The molecule has 2 unspecified atom stereocenters. The zero-order valence-electron chi connectivity index (χ0n) is 11.1. The Balaban J connectivity index is 2.42. The Kier molecular flexibility index (Phi) is 5.25. The van der Waals surface area contributed by atoms with E-state index >= 15 is 0 Å². The molecule has 0 aromatic rings. The lowest BCUT2D eigenvalue weighted by atomic mass is 9.67. The first-order valence-corrected chi connectivity index (χ1v) is 6.42. The molecule has 0 spiro atoms. The Morgan fingerprint density at radius 1 is 1.53 bits per heavy atom. The van der Waals surface area contributed by atoms with Crippen LogP contribution in [0.1, 0.15) is 46.5 Å². The minimum Gasteiger partial charge on any atom is -0.432 e. The van der Waals surface area contributed by atoms with Gasteiger partial charge in [0.15, 0.2) is 0 Å². The molecule has 1 aliphatic carbocycles. The number of aliphatic hydroxyl groups is 1. The van der Waals surface area contributed by atoms with E-state index in [1.165, 1.54) is 6.42 Å². The largest absolute Gasteiger partial charge is 0.508 e. The molecular weight excluding hydrogens is 220 g/mol. The van der Waals surface area contributed by atoms with Crippen LogP contribution in [0, 0.1) is 11.3 Å². The monoisotopic (exact) mass is 244 g/mol. The Hall–Kier alpha value is -0.770. The Morgan fingerprint density at radius 3 is 2.82 bits per heavy atom. The van der Waals surface area contributed by atoms with Crippen LogP contribution in [0.4, 0.5) is 4.79 Å². The van der Waals surface area contributed by atoms with Crippen molar-refractivity contribution < 1.29 is 19.4 Å². The van der Waals surface area contributed by atoms with E-state index in [-0.39, 0.29) is 24.7 Å². The first-order chi connectivity index (χ1) is 7.98. The van der Waals surface area contributed by atoms with Crippen molar-refractivity contribution in [1.29, 1.82) is 0 Å². The summed E-state index contributed by atoms with van der Waals surface area (Å²) in [5, 5.41) is 8.54. The fraction of sp³-hybridized carbons (Fsp3) is 0.923. The highest BCUT2D eigenvalue weighted by Crippen LogP contribution is 2.42. The van der Waals surface area contributed by atoms with Crippen LogP contribution in [0.2, 0.25) is 0 Å². The van der Waals surface area contributed by atoms with Gasteiger partial charge in [-0.2, -0.15) is 0 Å². The van der Waals surface area contributed by atoms with E-state index in [1.807, 2.05) is 0 Å². The second-order valence-corrected chi connectivity index (χ2v) is 5.47. The summed E-state index contributed by atoms with van der Waals surface area (Å²) in [4.78, 5) is 11.3. The van der Waals surface area contributed by atoms with Crippen molar-refractivity contribution in [3.63, 3.8) is 0 Å². The number of hydrogen-bond acceptors (Lipinski definition) is 4. The molecule has 0 heterocycles. The van der Waals surface area contributed by atoms with Crippen molar-refractivity contribution in [3.8, 4) is 0 Å². The number of carbonyl (C=O) groups excluding carboxylic acids is 1. The minimum atomic E-state index is -0.656. The fourth-order valence-corrected chi connectivity index (χ4v) is 2.38. The predicted molar refractivity (Wildman–Crippen MR) is 64.7 cm³/mol. The Bertz CT molecular complexity index is 252. The maximum atomic E-state index is 11.3. The van der Waals surface area contributed by atoms with E-state index in [4.69, 9.17) is 14.6 Å². The van der Waals surface area contributed by atoms with Gasteiger partial charge in [-0.1, -0.05) is 20.8 Å². The highest BCUT2D eigenvalue weighted by atomic mass is 16.7. The summed E-state index contributed by atoms with van der Waals surface area (Å²) in [5.74, 6) is 0.586. The molecule has 0 aromatic carbocycles. The summed E-state index contributed by atoms with van der Waals surface area (Å²) in [5.41, 5.74) is 0.250. The van der Waals surface area contributed by atoms with Crippen LogP contribution in [0.15, 0.2) is 0 Å². The molecule has 0 radical (unpaired) electrons. The van der Waals surface area contributed by atoms with Crippen LogP contribution in [0.3, 0.4) is 0 Å². The zero-order chi connectivity index (χ0) is 12.9. The zero-order valence-corrected chi connectivity index (χ0v) is 11.1. The van der Waals surface area contributed by atoms with Crippen LogP contribution < -0.4 is 0 Å². The van der Waals surface area contributed by atoms with E-state index in [2.05, 4.69) is 20.8 Å². The van der Waals surface area contributed by atoms with E-state index in [0.29, 0.717) is 5.92 Å². The predicted octanol–water partition coefficient (Wildman–Crippen LogP) is 2.74. The lowest BCUT2D eigenvalue weighted by Gasteiger charge is -2.40. The molecule has 2 atom stereocenters. The quantitative estimate of drug-likeness (QED) is 0.772. The molecule has 1 fully saturated rings. The molecule has 1 rings (SSSR count). The van der Waals surface area contributed by atoms with Gasteiger partial charge in [0.1, 0.15) is 12.7 Å². The Morgan fingerprint density at radius 2 is 2.24 bits per heavy atom. The molecule has 1 N–H and O–H groups in total. The molecule has 4 nitrogen and oxygen atoms in total. The molecular formula is C13H24O4. The third-order valence-corrected chi connectivity index (χ3v) is 3.94. The third-order valence-electron chi connectivity index (χ3n) is 3.94. The van der Waals surface area contributed by atoms with Gasteiger partial charge in [-0.3, -0.25) is 0 Å². The van der Waals surface area contributed by atoms with Crippen molar-refractivity contribution >= 4 is 6.16 Å². The van der Waals surface area contributed by atoms with Crippen molar-refractivity contribution in [1.82, 2.24) is 0 Å². The lowest BCUT2D eigenvalue weighted by molar-refractivity contribution is -0.0261. The summed E-state index contributed by atoms with van der Waals surface area (Å²) in [6.45, 7) is 6.53. The molecule has 100 valence electrons. The van der Waals surface area contributed by atoms with Gasteiger partial charge < -0.3 is 14.6 Å². The normalized spacial score (nSPS) is 29.1. The number of rotatable bonds is 4. The smallest absolute Gasteiger partial charge is 0.432 e. The molecule has 1 saturated carbocycles. The van der Waals surface area contributed by atoms with Crippen LogP contribution in [0.25, 0.3) is 0 Å². The van der Waals surface area contributed by atoms with Crippen LogP contribution >= 0.6 is 0 Å². The van der Waals surface area contributed by atoms with Gasteiger partial charge in [0.05, 0.1) is 6.61 Å². The molecule has 4 heteroatoms. The van der Waals surface area contributed by atoms with E-state index in [9.17, 15) is 4.79 Å². The maximum Gasteiger partial charge on any atom is 0.508 e. The summed E-state index contributed by atoms with van der Waals surface area (Å²) in [6.07, 6.45) is 3.40. The van der Waals surface area contributed by atoms with Gasteiger partial charge in [0, 0.05) is 0 Å². The average molecular weight is 244 g/mol. The van der Waals surface area contributed by atoms with Gasteiger partial charge in [-0.15, -0.1) is 0 Å². The van der Waals surface area contributed by atoms with E-state index in [1.54, 1.807) is 0 Å². The summed E-state index contributed by atoms with van der Waals surface area (Å²) >= 11 is 0. The Labute approximate surface area is 103 Å². The maximum absolute atomic E-state index is 11.3. The van der Waals surface area contributed by atoms with Gasteiger partial charge >= 0.3 is 6.16 Å². The van der Waals surface area contributed by atoms with Gasteiger partial charge in [0.2, 0.25) is 0 Å². The molecule has 17 heavy (non-hydrogen) atoms. The second kappa shape index (κ2) is 6.24. The first-order valence-electron chi connectivity index (χ1n) is 6.42. The second-order valence-electron chi connectivity index (χ2n) is 5.47. The van der Waals surface area contributed by atoms with E-state index in [0.717, 1.165) is 19.3 Å². The standard InChI is InChI=1S/C13H24O4/c1-10(2)13(3)6-4-5-11(9-13)17-12(15)16-8-7-14/h10-11,14H,4-9H2,1-3H3. The SMILES string of the molecule is CC(C)C1(C)CCCC(OC(=O)OCCO)C1. The number of hydrogen-bond donors (Lipinski definition) is 1. The minimum absolute atomic E-state index is 0.00695. The first kappa shape index (κ1) is 14.3. The van der Waals surface area contributed by atoms with Gasteiger partial charge in [0.25, 0.3) is 0 Å². The topological polar surface area (TPSA) is 55.8 Å². The van der Waals surface area contributed by atoms with Gasteiger partial charge in [-0.05, 0) is 37.0 Å². The molecule has 1 aliphatic rings. The summed E-state index contributed by atoms with van der Waals surface area (Å²) < 4.78 is 9.98. The molecule has 0 saturated heterocycles. The lowest BCUT2D eigenvalue weighted by Crippen LogP contribution is -2.35.